The number of nitrogens with zero attached hydrogens (tertiary/aromatic N) is 1. The van der Waals surface area contributed by atoms with Crippen LogP contribution in [0.15, 0.2) is 73.5 Å². The zero-order valence-electron chi connectivity index (χ0n) is 16.1. The van der Waals surface area contributed by atoms with Crippen LogP contribution in [0.5, 0.6) is 0 Å². The lowest BCUT2D eigenvalue weighted by atomic mass is 10.1. The molecule has 7 heteroatoms. The highest BCUT2D eigenvalue weighted by atomic mass is 79.9. The number of furan rings is 1. The van der Waals surface area contributed by atoms with Gasteiger partial charge in [0.2, 0.25) is 0 Å². The molecule has 1 saturated carbocycles. The van der Waals surface area contributed by atoms with Gasteiger partial charge in [0.25, 0.3) is 11.8 Å². The maximum atomic E-state index is 13.5. The second-order valence-electron chi connectivity index (χ2n) is 7.45. The summed E-state index contributed by atoms with van der Waals surface area (Å²) in [7, 11) is 0. The van der Waals surface area contributed by atoms with Crippen LogP contribution in [0.3, 0.4) is 0 Å². The molecule has 30 heavy (non-hydrogen) atoms. The Labute approximate surface area is 187 Å². The summed E-state index contributed by atoms with van der Waals surface area (Å²) in [6.07, 6.45) is 4.32. The van der Waals surface area contributed by atoms with Gasteiger partial charge in [-0.15, -0.1) is 0 Å². The minimum absolute atomic E-state index is 0.0565. The Morgan fingerprint density at radius 1 is 1.07 bits per heavy atom. The third-order valence-corrected chi connectivity index (χ3v) is 7.07. The summed E-state index contributed by atoms with van der Waals surface area (Å²) in [5.41, 5.74) is 2.31. The van der Waals surface area contributed by atoms with E-state index >= 15 is 0 Å². The molecule has 0 spiro atoms. The molecule has 1 aliphatic heterocycles. The lowest BCUT2D eigenvalue weighted by molar-refractivity contribution is 0.0971. The summed E-state index contributed by atoms with van der Waals surface area (Å²) in [6.45, 7) is 0. The highest BCUT2D eigenvalue weighted by Crippen LogP contribution is 2.44. The number of hydrogen-bond donors (Lipinski definition) is 1. The molecule has 3 aromatic rings. The van der Waals surface area contributed by atoms with Crippen LogP contribution in [0, 0.1) is 0 Å². The molecule has 2 aromatic carbocycles. The van der Waals surface area contributed by atoms with Crippen molar-refractivity contribution in [3.63, 3.8) is 0 Å². The second-order valence-corrected chi connectivity index (χ2v) is 9.32. The third kappa shape index (κ3) is 3.56. The molecule has 2 aliphatic rings. The molecule has 1 aliphatic carbocycles. The quantitative estimate of drug-likeness (QED) is 0.472. The first-order chi connectivity index (χ1) is 14.6. The van der Waals surface area contributed by atoms with E-state index in [0.717, 1.165) is 46.7 Å². The van der Waals surface area contributed by atoms with Gasteiger partial charge in [0.05, 0.1) is 11.3 Å². The van der Waals surface area contributed by atoms with E-state index in [1.54, 1.807) is 23.9 Å². The van der Waals surface area contributed by atoms with Crippen LogP contribution in [0.1, 0.15) is 46.6 Å². The molecule has 0 bridgehead atoms. The van der Waals surface area contributed by atoms with Gasteiger partial charge in [-0.1, -0.05) is 36.7 Å². The van der Waals surface area contributed by atoms with Gasteiger partial charge in [-0.3, -0.25) is 9.59 Å². The number of halogens is 1. The Kier molecular flexibility index (Phi) is 5.16. The molecule has 5 nitrogen and oxygen atoms in total. The van der Waals surface area contributed by atoms with Crippen LogP contribution in [0.25, 0.3) is 0 Å². The molecular weight excluding hydrogens is 464 g/mol. The van der Waals surface area contributed by atoms with E-state index in [9.17, 15) is 9.59 Å². The zero-order chi connectivity index (χ0) is 20.7. The molecular formula is C23H19BrN2O3S. The first-order valence-corrected chi connectivity index (χ1v) is 11.5. The smallest absolute Gasteiger partial charge is 0.291 e. The van der Waals surface area contributed by atoms with Crippen LogP contribution in [-0.4, -0.2) is 17.9 Å². The summed E-state index contributed by atoms with van der Waals surface area (Å²) in [4.78, 5) is 29.8. The van der Waals surface area contributed by atoms with Crippen molar-refractivity contribution in [3.05, 3.63) is 70.6 Å². The van der Waals surface area contributed by atoms with Gasteiger partial charge >= 0.3 is 0 Å². The normalized spacial score (nSPS) is 16.2. The van der Waals surface area contributed by atoms with Gasteiger partial charge in [0.15, 0.2) is 10.4 Å². The van der Waals surface area contributed by atoms with Crippen LogP contribution < -0.4 is 10.2 Å². The number of nitrogens with one attached hydrogen (secondary N) is 1. The van der Waals surface area contributed by atoms with E-state index in [4.69, 9.17) is 4.42 Å². The number of anilines is 2. The predicted octanol–water partition coefficient (Wildman–Crippen LogP) is 6.35. The van der Waals surface area contributed by atoms with Crippen molar-refractivity contribution in [3.8, 4) is 0 Å². The van der Waals surface area contributed by atoms with E-state index in [1.165, 1.54) is 0 Å². The van der Waals surface area contributed by atoms with Crippen molar-refractivity contribution < 1.29 is 14.0 Å². The minimum Gasteiger partial charge on any atom is -0.444 e. The highest BCUT2D eigenvalue weighted by Gasteiger charge is 2.34. The van der Waals surface area contributed by atoms with Gasteiger partial charge in [0, 0.05) is 21.5 Å². The molecule has 0 unspecified atom stereocenters. The number of carbonyl (C=O) groups excluding carboxylic acids is 2. The topological polar surface area (TPSA) is 62.6 Å². The van der Waals surface area contributed by atoms with Crippen LogP contribution in [0.4, 0.5) is 11.4 Å². The SMILES string of the molecule is O=C(Nc1ccc2c(c1)Sc1ccccc1C(=O)N2C1CCCC1)c1ccc(Br)o1. The van der Waals surface area contributed by atoms with Crippen molar-refractivity contribution in [1.82, 2.24) is 0 Å². The van der Waals surface area contributed by atoms with Gasteiger partial charge in [0.1, 0.15) is 0 Å². The summed E-state index contributed by atoms with van der Waals surface area (Å²) < 4.78 is 5.85. The average Bonchev–Trinajstić information content (AvgIpc) is 3.40. The van der Waals surface area contributed by atoms with Crippen molar-refractivity contribution in [2.75, 3.05) is 10.2 Å². The standard InChI is InChI=1S/C23H19BrN2O3S/c24-21-12-11-18(29-21)22(27)25-14-9-10-17-20(13-14)30-19-8-4-3-7-16(19)23(28)26(17)15-5-1-2-6-15/h3-4,7-13,15H,1-2,5-6H2,(H,25,27). The van der Waals surface area contributed by atoms with E-state index in [-0.39, 0.29) is 23.6 Å². The Bertz CT molecular complexity index is 1140. The minimum atomic E-state index is -0.316. The van der Waals surface area contributed by atoms with Gasteiger partial charge < -0.3 is 14.6 Å². The average molecular weight is 483 g/mol. The van der Waals surface area contributed by atoms with Crippen LogP contribution in [-0.2, 0) is 0 Å². The highest BCUT2D eigenvalue weighted by molar-refractivity contribution is 9.10. The van der Waals surface area contributed by atoms with Gasteiger partial charge in [-0.25, -0.2) is 0 Å². The number of rotatable bonds is 3. The summed E-state index contributed by atoms with van der Waals surface area (Å²) >= 11 is 4.78. The van der Waals surface area contributed by atoms with Crippen molar-refractivity contribution in [2.24, 2.45) is 0 Å². The Morgan fingerprint density at radius 2 is 1.87 bits per heavy atom. The largest absolute Gasteiger partial charge is 0.444 e. The maximum absolute atomic E-state index is 13.5. The first-order valence-electron chi connectivity index (χ1n) is 9.91. The summed E-state index contributed by atoms with van der Waals surface area (Å²) in [6, 6.07) is 17.0. The number of fused-ring (bicyclic) bond motifs is 2. The molecule has 1 N–H and O–H groups in total. The predicted molar refractivity (Wildman–Crippen MR) is 120 cm³/mol. The Hall–Kier alpha value is -2.51. The molecule has 1 aromatic heterocycles. The monoisotopic (exact) mass is 482 g/mol. The third-order valence-electron chi connectivity index (χ3n) is 5.52. The summed E-state index contributed by atoms with van der Waals surface area (Å²) in [5.74, 6) is -0.0260. The van der Waals surface area contributed by atoms with E-state index in [0.29, 0.717) is 10.4 Å². The Balaban J connectivity index is 1.53. The summed E-state index contributed by atoms with van der Waals surface area (Å²) in [5, 5.41) is 2.89. The fourth-order valence-electron chi connectivity index (χ4n) is 4.12. The van der Waals surface area contributed by atoms with E-state index < -0.39 is 0 Å². The van der Waals surface area contributed by atoms with Gasteiger partial charge in [-0.2, -0.15) is 0 Å². The first kappa shape index (κ1) is 19.5. The number of benzene rings is 2. The lowest BCUT2D eigenvalue weighted by Crippen LogP contribution is -2.39. The molecule has 152 valence electrons. The maximum Gasteiger partial charge on any atom is 0.291 e. The van der Waals surface area contributed by atoms with Crippen molar-refractivity contribution >= 4 is 50.9 Å². The second kappa shape index (κ2) is 7.96. The molecule has 0 radical (unpaired) electrons. The van der Waals surface area contributed by atoms with E-state index in [2.05, 4.69) is 21.2 Å². The van der Waals surface area contributed by atoms with E-state index in [1.807, 2.05) is 47.4 Å². The number of amides is 2. The zero-order valence-corrected chi connectivity index (χ0v) is 18.5. The molecule has 2 heterocycles. The molecule has 0 atom stereocenters. The molecule has 2 amide bonds. The molecule has 0 saturated heterocycles. The Morgan fingerprint density at radius 3 is 2.63 bits per heavy atom. The molecule has 5 rings (SSSR count). The van der Waals surface area contributed by atoms with Crippen LogP contribution >= 0.6 is 27.7 Å². The van der Waals surface area contributed by atoms with Crippen molar-refractivity contribution in [2.45, 2.75) is 41.5 Å². The number of carbonyl (C=O) groups is 2. The van der Waals surface area contributed by atoms with Crippen molar-refractivity contribution in [1.29, 1.82) is 0 Å². The van der Waals surface area contributed by atoms with Gasteiger partial charge in [-0.05, 0) is 71.2 Å². The lowest BCUT2D eigenvalue weighted by Gasteiger charge is -2.29. The fraction of sp³-hybridized carbons (Fsp3) is 0.217. The van der Waals surface area contributed by atoms with Crippen LogP contribution in [0.2, 0.25) is 0 Å². The molecule has 1 fully saturated rings. The number of hydrogen-bond acceptors (Lipinski definition) is 4. The fourth-order valence-corrected chi connectivity index (χ4v) is 5.53.